The zero-order valence-corrected chi connectivity index (χ0v) is 22.4. The Morgan fingerprint density at radius 2 is 1.84 bits per heavy atom. The number of aromatic nitrogens is 3. The smallest absolute Gasteiger partial charge is 0.280 e. The lowest BCUT2D eigenvalue weighted by atomic mass is 9.87. The van der Waals surface area contributed by atoms with Crippen molar-refractivity contribution in [2.45, 2.75) is 25.8 Å². The van der Waals surface area contributed by atoms with Crippen LogP contribution in [0.4, 0.5) is 5.69 Å². The molecule has 2 aliphatic heterocycles. The minimum absolute atomic E-state index is 0.0139. The number of anilines is 1. The SMILES string of the molecule is COc1ccc(C#N)cc1-n1nc2c(c1C(C)C)C1c3ccc(Cl)cc3-c3c(cc(Cl)c(=O)n3C)N1C2=O. The topological polar surface area (TPSA) is 93.2 Å². The van der Waals surface area contributed by atoms with E-state index in [1.54, 1.807) is 54.1 Å². The van der Waals surface area contributed by atoms with Crippen LogP contribution in [0.3, 0.4) is 0 Å². The minimum atomic E-state index is -0.512. The highest BCUT2D eigenvalue weighted by Crippen LogP contribution is 2.53. The van der Waals surface area contributed by atoms with Crippen LogP contribution in [0.2, 0.25) is 10.0 Å². The molecular weight excluding hydrogens is 525 g/mol. The zero-order valence-electron chi connectivity index (χ0n) is 20.9. The fraction of sp³-hybridized carbons (Fsp3) is 0.214. The van der Waals surface area contributed by atoms with E-state index in [-0.39, 0.29) is 22.4 Å². The number of carbonyl (C=O) groups excluding carboxylic acids is 1. The highest BCUT2D eigenvalue weighted by Gasteiger charge is 2.49. The van der Waals surface area contributed by atoms with Crippen LogP contribution in [0, 0.1) is 11.3 Å². The predicted octanol–water partition coefficient (Wildman–Crippen LogP) is 5.61. The van der Waals surface area contributed by atoms with Gasteiger partial charge in [0.15, 0.2) is 5.69 Å². The maximum absolute atomic E-state index is 14.1. The molecule has 0 saturated heterocycles. The summed E-state index contributed by atoms with van der Waals surface area (Å²) in [6.07, 6.45) is 0. The van der Waals surface area contributed by atoms with E-state index in [0.29, 0.717) is 39.1 Å². The van der Waals surface area contributed by atoms with Crippen molar-refractivity contribution in [2.24, 2.45) is 7.05 Å². The van der Waals surface area contributed by atoms with E-state index in [0.717, 1.165) is 22.4 Å². The van der Waals surface area contributed by atoms with Crippen LogP contribution < -0.4 is 15.2 Å². The lowest BCUT2D eigenvalue weighted by Crippen LogP contribution is -2.36. The second-order valence-corrected chi connectivity index (χ2v) is 10.5. The van der Waals surface area contributed by atoms with Crippen molar-refractivity contribution < 1.29 is 9.53 Å². The summed E-state index contributed by atoms with van der Waals surface area (Å²) in [5.74, 6) is 0.173. The van der Waals surface area contributed by atoms with Crippen molar-refractivity contribution in [1.29, 1.82) is 5.26 Å². The fourth-order valence-corrected chi connectivity index (χ4v) is 6.00. The number of rotatable bonds is 3. The van der Waals surface area contributed by atoms with Gasteiger partial charge in [-0.2, -0.15) is 10.4 Å². The van der Waals surface area contributed by atoms with Crippen LogP contribution in [0.5, 0.6) is 5.75 Å². The van der Waals surface area contributed by atoms with Crippen molar-refractivity contribution >= 4 is 34.8 Å². The number of nitriles is 1. The molecule has 10 heteroatoms. The molecule has 4 aromatic rings. The van der Waals surface area contributed by atoms with Gasteiger partial charge in [0.05, 0.1) is 41.9 Å². The van der Waals surface area contributed by atoms with Gasteiger partial charge in [0.2, 0.25) is 0 Å². The van der Waals surface area contributed by atoms with Gasteiger partial charge in [0.25, 0.3) is 11.5 Å². The Morgan fingerprint density at radius 3 is 2.53 bits per heavy atom. The first-order valence-corrected chi connectivity index (χ1v) is 12.7. The lowest BCUT2D eigenvalue weighted by Gasteiger charge is -2.36. The van der Waals surface area contributed by atoms with Crippen LogP contribution in [-0.2, 0) is 7.05 Å². The third-order valence-corrected chi connectivity index (χ3v) is 7.68. The third kappa shape index (κ3) is 3.19. The Kier molecular flexibility index (Phi) is 5.42. The molecule has 0 fully saturated rings. The van der Waals surface area contributed by atoms with Gasteiger partial charge >= 0.3 is 0 Å². The highest BCUT2D eigenvalue weighted by atomic mass is 35.5. The standard InChI is InChI=1S/C28H21Cl2N5O3/c1-13(2)24-22-23(32-35(24)19-9-14(12-31)5-8-21(19)38-4)28(37)34-20-11-18(30)27(36)33(3)25(20)17-10-15(29)6-7-16(17)26(22)34/h5-11,13,26H,1-4H3. The molecule has 0 bridgehead atoms. The molecule has 8 nitrogen and oxygen atoms in total. The molecule has 2 aromatic heterocycles. The van der Waals surface area contributed by atoms with Crippen molar-refractivity contribution in [2.75, 3.05) is 12.0 Å². The molecule has 1 amide bonds. The highest BCUT2D eigenvalue weighted by molar-refractivity contribution is 6.32. The van der Waals surface area contributed by atoms with Crippen LogP contribution in [0.1, 0.15) is 58.7 Å². The first kappa shape index (κ1) is 24.3. The number of ether oxygens (including phenoxy) is 1. The molecular formula is C28H21Cl2N5O3. The van der Waals surface area contributed by atoms with Crippen molar-refractivity contribution in [1.82, 2.24) is 14.3 Å². The molecule has 2 aromatic carbocycles. The lowest BCUT2D eigenvalue weighted by molar-refractivity contribution is 0.0988. The summed E-state index contributed by atoms with van der Waals surface area (Å²) in [6.45, 7) is 4.06. The van der Waals surface area contributed by atoms with Crippen LogP contribution >= 0.6 is 23.2 Å². The molecule has 0 aliphatic carbocycles. The molecule has 38 heavy (non-hydrogen) atoms. The van der Waals surface area contributed by atoms with E-state index in [1.165, 1.54) is 4.57 Å². The van der Waals surface area contributed by atoms with Gasteiger partial charge < -0.3 is 9.30 Å². The molecule has 6 rings (SSSR count). The number of hydrogen-bond acceptors (Lipinski definition) is 5. The van der Waals surface area contributed by atoms with Gasteiger partial charge in [0.1, 0.15) is 16.5 Å². The summed E-state index contributed by atoms with van der Waals surface area (Å²) >= 11 is 12.7. The molecule has 1 unspecified atom stereocenters. The van der Waals surface area contributed by atoms with Gasteiger partial charge in [-0.3, -0.25) is 14.5 Å². The van der Waals surface area contributed by atoms with E-state index in [9.17, 15) is 14.9 Å². The van der Waals surface area contributed by atoms with Crippen LogP contribution in [0.15, 0.2) is 47.3 Å². The van der Waals surface area contributed by atoms with Gasteiger partial charge in [0, 0.05) is 23.2 Å². The number of methoxy groups -OCH3 is 1. The number of benzene rings is 2. The molecule has 4 heterocycles. The van der Waals surface area contributed by atoms with E-state index in [2.05, 4.69) is 6.07 Å². The predicted molar refractivity (Wildman–Crippen MR) is 145 cm³/mol. The second kappa shape index (κ2) is 8.48. The van der Waals surface area contributed by atoms with E-state index in [1.807, 2.05) is 26.0 Å². The number of nitrogens with zero attached hydrogens (tertiary/aromatic N) is 5. The van der Waals surface area contributed by atoms with Crippen molar-refractivity contribution in [3.8, 4) is 28.8 Å². The third-order valence-electron chi connectivity index (χ3n) is 7.17. The average Bonchev–Trinajstić information content (AvgIpc) is 3.42. The summed E-state index contributed by atoms with van der Waals surface area (Å²) < 4.78 is 8.76. The van der Waals surface area contributed by atoms with Crippen LogP contribution in [-0.4, -0.2) is 27.4 Å². The van der Waals surface area contributed by atoms with Crippen molar-refractivity contribution in [3.63, 3.8) is 0 Å². The molecule has 2 aliphatic rings. The normalized spacial score (nSPS) is 15.2. The first-order valence-electron chi connectivity index (χ1n) is 11.9. The van der Waals surface area contributed by atoms with Gasteiger partial charge in [-0.1, -0.05) is 43.1 Å². The molecule has 0 radical (unpaired) electrons. The summed E-state index contributed by atoms with van der Waals surface area (Å²) in [4.78, 5) is 28.5. The number of carbonyl (C=O) groups is 1. The van der Waals surface area contributed by atoms with Gasteiger partial charge in [-0.25, -0.2) is 4.68 Å². The summed E-state index contributed by atoms with van der Waals surface area (Å²) in [7, 11) is 3.18. The average molecular weight is 546 g/mol. The number of amides is 1. The maximum Gasteiger partial charge on any atom is 0.280 e. The van der Waals surface area contributed by atoms with Crippen LogP contribution in [0.25, 0.3) is 16.9 Å². The van der Waals surface area contributed by atoms with E-state index in [4.69, 9.17) is 33.0 Å². The Bertz CT molecular complexity index is 1800. The molecule has 0 saturated carbocycles. The quantitative estimate of drug-likeness (QED) is 0.333. The minimum Gasteiger partial charge on any atom is -0.494 e. The second-order valence-electron chi connectivity index (χ2n) is 9.61. The largest absolute Gasteiger partial charge is 0.494 e. The first-order chi connectivity index (χ1) is 18.2. The number of halogens is 2. The Morgan fingerprint density at radius 1 is 1.08 bits per heavy atom. The van der Waals surface area contributed by atoms with E-state index < -0.39 is 6.04 Å². The fourth-order valence-electron chi connectivity index (χ4n) is 5.60. The maximum atomic E-state index is 14.1. The van der Waals surface area contributed by atoms with Gasteiger partial charge in [-0.15, -0.1) is 0 Å². The summed E-state index contributed by atoms with van der Waals surface area (Å²) in [5.41, 5.74) is 5.17. The molecule has 0 N–H and O–H groups in total. The van der Waals surface area contributed by atoms with Gasteiger partial charge in [-0.05, 0) is 47.9 Å². The van der Waals surface area contributed by atoms with Crippen molar-refractivity contribution in [3.05, 3.63) is 90.9 Å². The Labute approximate surface area is 228 Å². The Balaban J connectivity index is 1.69. The molecule has 190 valence electrons. The van der Waals surface area contributed by atoms with E-state index >= 15 is 0 Å². The summed E-state index contributed by atoms with van der Waals surface area (Å²) in [5, 5.41) is 14.9. The molecule has 0 spiro atoms. The number of hydrogen-bond donors (Lipinski definition) is 0. The summed E-state index contributed by atoms with van der Waals surface area (Å²) in [6, 6.07) is 13.8. The zero-order chi connectivity index (χ0) is 27.0. The number of pyridine rings is 1. The Hall–Kier alpha value is -4.06. The molecule has 1 atom stereocenters. The number of fused-ring (bicyclic) bond motifs is 8. The monoisotopic (exact) mass is 545 g/mol.